The highest BCUT2D eigenvalue weighted by atomic mass is 16.2. The smallest absolute Gasteiger partial charge is 0.223 e. The second kappa shape index (κ2) is 7.97. The number of hydrogen-bond donors (Lipinski definition) is 2. The minimum absolute atomic E-state index is 0.0877. The van der Waals surface area contributed by atoms with E-state index in [4.69, 9.17) is 0 Å². The van der Waals surface area contributed by atoms with Gasteiger partial charge >= 0.3 is 0 Å². The van der Waals surface area contributed by atoms with E-state index < -0.39 is 0 Å². The Morgan fingerprint density at radius 1 is 1.00 bits per heavy atom. The maximum atomic E-state index is 12.4. The zero-order valence-corrected chi connectivity index (χ0v) is 14.5. The second-order valence-electron chi connectivity index (χ2n) is 6.71. The van der Waals surface area contributed by atoms with Gasteiger partial charge in [0.1, 0.15) is 0 Å². The quantitative estimate of drug-likeness (QED) is 0.871. The van der Waals surface area contributed by atoms with Gasteiger partial charge in [0.15, 0.2) is 0 Å². The molecule has 0 aliphatic heterocycles. The van der Waals surface area contributed by atoms with Crippen molar-refractivity contribution in [3.63, 3.8) is 0 Å². The van der Waals surface area contributed by atoms with E-state index in [-0.39, 0.29) is 17.7 Å². The van der Waals surface area contributed by atoms with Crippen LogP contribution in [0.1, 0.15) is 43.2 Å². The van der Waals surface area contributed by atoms with E-state index >= 15 is 0 Å². The van der Waals surface area contributed by atoms with Crippen molar-refractivity contribution in [2.24, 2.45) is 5.92 Å². The van der Waals surface area contributed by atoms with E-state index in [2.05, 4.69) is 34.9 Å². The Morgan fingerprint density at radius 2 is 1.72 bits per heavy atom. The summed E-state index contributed by atoms with van der Waals surface area (Å²) in [6.45, 7) is 2.00. The fourth-order valence-electron chi connectivity index (χ4n) is 3.49. The fourth-order valence-corrected chi connectivity index (χ4v) is 3.49. The lowest BCUT2D eigenvalue weighted by Gasteiger charge is -2.13. The standard InChI is InChI=1S/C21H24N2O2/c1-15(24)23-20-11-7-16(8-12-20)14-22-21(25)19-10-9-18(13-19)17-5-3-2-4-6-17/h2-8,11-12,18-19H,9-10,13-14H2,1H3,(H,22,25)(H,23,24)/t18-,19-/m0/s1. The molecular formula is C21H24N2O2. The monoisotopic (exact) mass is 336 g/mol. The summed E-state index contributed by atoms with van der Waals surface area (Å²) in [5.74, 6) is 0.650. The Balaban J connectivity index is 1.49. The van der Waals surface area contributed by atoms with Gasteiger partial charge in [0.05, 0.1) is 0 Å². The molecule has 130 valence electrons. The Bertz CT molecular complexity index is 725. The molecular weight excluding hydrogens is 312 g/mol. The van der Waals surface area contributed by atoms with Crippen LogP contribution in [0.25, 0.3) is 0 Å². The number of carbonyl (C=O) groups excluding carboxylic acids is 2. The lowest BCUT2D eigenvalue weighted by molar-refractivity contribution is -0.125. The molecule has 0 radical (unpaired) electrons. The van der Waals surface area contributed by atoms with Crippen molar-refractivity contribution in [1.29, 1.82) is 0 Å². The molecule has 0 heterocycles. The Morgan fingerprint density at radius 3 is 2.40 bits per heavy atom. The van der Waals surface area contributed by atoms with Gasteiger partial charge in [-0.1, -0.05) is 42.5 Å². The molecule has 0 saturated heterocycles. The highest BCUT2D eigenvalue weighted by Gasteiger charge is 2.30. The first-order chi connectivity index (χ1) is 12.1. The number of rotatable bonds is 5. The van der Waals surface area contributed by atoms with Gasteiger partial charge in [-0.25, -0.2) is 0 Å². The molecule has 25 heavy (non-hydrogen) atoms. The number of hydrogen-bond acceptors (Lipinski definition) is 2. The zero-order chi connectivity index (χ0) is 17.6. The summed E-state index contributed by atoms with van der Waals surface area (Å²) in [5.41, 5.74) is 3.13. The van der Waals surface area contributed by atoms with Crippen molar-refractivity contribution in [3.05, 3.63) is 65.7 Å². The van der Waals surface area contributed by atoms with Crippen LogP contribution in [0.3, 0.4) is 0 Å². The molecule has 1 saturated carbocycles. The number of anilines is 1. The number of amides is 2. The van der Waals surface area contributed by atoms with Gasteiger partial charge in [-0.3, -0.25) is 9.59 Å². The van der Waals surface area contributed by atoms with Gasteiger partial charge < -0.3 is 10.6 Å². The molecule has 2 atom stereocenters. The third kappa shape index (κ3) is 4.69. The SMILES string of the molecule is CC(=O)Nc1ccc(CNC(=O)[C@H]2CC[C@H](c3ccccc3)C2)cc1. The molecule has 1 fully saturated rings. The van der Waals surface area contributed by atoms with Crippen molar-refractivity contribution in [2.45, 2.75) is 38.6 Å². The predicted molar refractivity (Wildman–Crippen MR) is 99.1 cm³/mol. The summed E-state index contributed by atoms with van der Waals surface area (Å²) in [6.07, 6.45) is 2.96. The summed E-state index contributed by atoms with van der Waals surface area (Å²) in [5, 5.41) is 5.78. The first-order valence-corrected chi connectivity index (χ1v) is 8.81. The minimum atomic E-state index is -0.0877. The molecule has 2 amide bonds. The van der Waals surface area contributed by atoms with E-state index in [1.165, 1.54) is 12.5 Å². The first-order valence-electron chi connectivity index (χ1n) is 8.81. The van der Waals surface area contributed by atoms with Crippen LogP contribution in [0.2, 0.25) is 0 Å². The summed E-state index contributed by atoms with van der Waals surface area (Å²) in [4.78, 5) is 23.5. The molecule has 0 bridgehead atoms. The molecule has 0 aromatic heterocycles. The normalized spacial score (nSPS) is 19.4. The van der Waals surface area contributed by atoms with Crippen LogP contribution in [0.5, 0.6) is 0 Å². The minimum Gasteiger partial charge on any atom is -0.352 e. The summed E-state index contributed by atoms with van der Waals surface area (Å²) in [6, 6.07) is 18.0. The molecule has 4 heteroatoms. The van der Waals surface area contributed by atoms with Gasteiger partial charge in [0.25, 0.3) is 0 Å². The Labute approximate surface area is 148 Å². The molecule has 1 aliphatic rings. The van der Waals surface area contributed by atoms with E-state index in [1.807, 2.05) is 30.3 Å². The average molecular weight is 336 g/mol. The van der Waals surface area contributed by atoms with E-state index in [1.54, 1.807) is 0 Å². The number of carbonyl (C=O) groups is 2. The maximum Gasteiger partial charge on any atom is 0.223 e. The molecule has 0 unspecified atom stereocenters. The lowest BCUT2D eigenvalue weighted by Crippen LogP contribution is -2.28. The van der Waals surface area contributed by atoms with Gasteiger partial charge in [-0.2, -0.15) is 0 Å². The molecule has 4 nitrogen and oxygen atoms in total. The highest BCUT2D eigenvalue weighted by Crippen LogP contribution is 2.38. The third-order valence-corrected chi connectivity index (χ3v) is 4.82. The zero-order valence-electron chi connectivity index (χ0n) is 14.5. The molecule has 3 rings (SSSR count). The van der Waals surface area contributed by atoms with Crippen LogP contribution in [0.4, 0.5) is 5.69 Å². The van der Waals surface area contributed by atoms with Gasteiger partial charge in [-0.15, -0.1) is 0 Å². The molecule has 2 aromatic carbocycles. The largest absolute Gasteiger partial charge is 0.352 e. The lowest BCUT2D eigenvalue weighted by atomic mass is 9.96. The predicted octanol–water partition coefficient (Wildman–Crippen LogP) is 3.85. The van der Waals surface area contributed by atoms with Crippen molar-refractivity contribution < 1.29 is 9.59 Å². The summed E-state index contributed by atoms with van der Waals surface area (Å²) in [7, 11) is 0. The fraction of sp³-hybridized carbons (Fsp3) is 0.333. The molecule has 2 aromatic rings. The number of nitrogens with one attached hydrogen (secondary N) is 2. The Kier molecular flexibility index (Phi) is 5.49. The van der Waals surface area contributed by atoms with Gasteiger partial charge in [-0.05, 0) is 48.4 Å². The molecule has 0 spiro atoms. The van der Waals surface area contributed by atoms with E-state index in [9.17, 15) is 9.59 Å². The summed E-state index contributed by atoms with van der Waals surface area (Å²) < 4.78 is 0. The third-order valence-electron chi connectivity index (χ3n) is 4.82. The first kappa shape index (κ1) is 17.2. The maximum absolute atomic E-state index is 12.4. The Hall–Kier alpha value is -2.62. The van der Waals surface area contributed by atoms with Crippen molar-refractivity contribution >= 4 is 17.5 Å². The average Bonchev–Trinajstić information content (AvgIpc) is 3.11. The topological polar surface area (TPSA) is 58.2 Å². The van der Waals surface area contributed by atoms with Crippen molar-refractivity contribution in [2.75, 3.05) is 5.32 Å². The van der Waals surface area contributed by atoms with Gasteiger partial charge in [0, 0.05) is 25.1 Å². The van der Waals surface area contributed by atoms with Crippen molar-refractivity contribution in [1.82, 2.24) is 5.32 Å². The molecule has 1 aliphatic carbocycles. The van der Waals surface area contributed by atoms with E-state index in [0.29, 0.717) is 12.5 Å². The van der Waals surface area contributed by atoms with Crippen LogP contribution in [-0.4, -0.2) is 11.8 Å². The van der Waals surface area contributed by atoms with Crippen LogP contribution in [0.15, 0.2) is 54.6 Å². The van der Waals surface area contributed by atoms with Gasteiger partial charge in [0.2, 0.25) is 11.8 Å². The van der Waals surface area contributed by atoms with Crippen LogP contribution >= 0.6 is 0 Å². The number of benzene rings is 2. The molecule has 2 N–H and O–H groups in total. The second-order valence-corrected chi connectivity index (χ2v) is 6.71. The van der Waals surface area contributed by atoms with Crippen LogP contribution in [-0.2, 0) is 16.1 Å². The summed E-state index contributed by atoms with van der Waals surface area (Å²) >= 11 is 0. The van der Waals surface area contributed by atoms with Crippen LogP contribution < -0.4 is 10.6 Å². The highest BCUT2D eigenvalue weighted by molar-refractivity contribution is 5.88. The van der Waals surface area contributed by atoms with E-state index in [0.717, 1.165) is 30.5 Å². The van der Waals surface area contributed by atoms with Crippen LogP contribution in [0, 0.1) is 5.92 Å². The van der Waals surface area contributed by atoms with Crippen molar-refractivity contribution in [3.8, 4) is 0 Å².